The van der Waals surface area contributed by atoms with E-state index in [1.807, 2.05) is 217 Å². The quantitative estimate of drug-likeness (QED) is 0.0851. The second-order valence-electron chi connectivity index (χ2n) is 32.3. The SMILES string of the molecule is [2H]c1c([2H])c(N(c2ccc(-c3ccc(-c4ccccc4)cc3)cc2)c2ccc(-c3cccc(-c4ccccc4)c3)cc2)c([2H])c([2H])c1-c1ccc2c(c1)c1ccccc1n2-c1ccc2ccccc2c1.[2H]c1c([2H])c([2H])c(-c2c([2H])c([2H])c(-c3c([2H])c([2H])c(N(c4ccc(-c5cccc(-c6ccccc6)c5)cc4)c4c([2H])c([2H])c(-c5ccc6c(c5)c5ccccc5n6-c5ccc6ccccc6c5)c([2H])c4[2H])c([2H])c3[2H])c([2H])c2[2H])c([2H])c1[2H]. The molecule has 0 N–H and O–H groups in total. The molecular weight excluding hydrogens is 1590 g/mol. The lowest BCUT2D eigenvalue weighted by molar-refractivity contribution is 1.19. The Morgan fingerprint density at radius 3 is 0.765 bits per heavy atom. The molecule has 0 bridgehead atoms. The van der Waals surface area contributed by atoms with Crippen molar-refractivity contribution in [3.8, 4) is 123 Å². The lowest BCUT2D eigenvalue weighted by atomic mass is 9.98. The first-order valence-electron chi connectivity index (χ1n) is 54.1. The predicted octanol–water partition coefficient (Wildman–Crippen LogP) is 35.5. The summed E-state index contributed by atoms with van der Waals surface area (Å²) >= 11 is 0. The van der Waals surface area contributed by atoms with Crippen LogP contribution < -0.4 is 9.80 Å². The third-order valence-corrected chi connectivity index (χ3v) is 24.3. The highest BCUT2D eigenvalue weighted by molar-refractivity contribution is 6.12. The minimum Gasteiger partial charge on any atom is -0.311 e. The average molecular weight is 1700 g/mol. The molecule has 2 aromatic heterocycles. The third kappa shape index (κ3) is 15.7. The summed E-state index contributed by atoms with van der Waals surface area (Å²) in [5.41, 5.74) is 17.4. The Hall–Kier alpha value is -17.4. The molecule has 0 spiro atoms. The molecule has 0 amide bonds. The van der Waals surface area contributed by atoms with Gasteiger partial charge in [-0.25, -0.2) is 0 Å². The van der Waals surface area contributed by atoms with Crippen LogP contribution in [-0.4, -0.2) is 9.13 Å². The van der Waals surface area contributed by atoms with Crippen molar-refractivity contribution in [3.05, 3.63) is 533 Å². The lowest BCUT2D eigenvalue weighted by Crippen LogP contribution is -2.09. The number of nitrogens with zero attached hydrogens (tertiary/aromatic N) is 4. The van der Waals surface area contributed by atoms with Gasteiger partial charge in [0, 0.05) is 67.0 Å². The van der Waals surface area contributed by atoms with Crippen molar-refractivity contribution in [2.45, 2.75) is 0 Å². The van der Waals surface area contributed by atoms with Crippen molar-refractivity contribution in [1.29, 1.82) is 0 Å². The van der Waals surface area contributed by atoms with Crippen molar-refractivity contribution in [1.82, 2.24) is 9.13 Å². The van der Waals surface area contributed by atoms with Gasteiger partial charge in [-0.05, 0) is 278 Å². The molecule has 0 aliphatic heterocycles. The van der Waals surface area contributed by atoms with E-state index in [1.165, 1.54) is 5.39 Å². The third-order valence-electron chi connectivity index (χ3n) is 24.3. The average Bonchev–Trinajstić information content (AvgIpc) is 1.67. The predicted molar refractivity (Wildman–Crippen MR) is 560 cm³/mol. The molecule has 22 aromatic carbocycles. The zero-order valence-electron chi connectivity index (χ0n) is 92.0. The van der Waals surface area contributed by atoms with Crippen LogP contribution in [0.4, 0.5) is 34.1 Å². The van der Waals surface area contributed by atoms with E-state index in [9.17, 15) is 16.4 Å². The molecule has 132 heavy (non-hydrogen) atoms. The molecule has 0 saturated carbocycles. The highest BCUT2D eigenvalue weighted by atomic mass is 15.1. The Kier molecular flexibility index (Phi) is 15.8. The Labute approximate surface area is 798 Å². The molecule has 0 atom stereocenters. The fraction of sp³-hybridized carbons (Fsp3) is 0. The van der Waals surface area contributed by atoms with Gasteiger partial charge in [0.25, 0.3) is 0 Å². The maximum atomic E-state index is 9.79. The van der Waals surface area contributed by atoms with Gasteiger partial charge < -0.3 is 18.9 Å². The van der Waals surface area contributed by atoms with Crippen molar-refractivity contribution < 1.29 is 28.8 Å². The summed E-state index contributed by atoms with van der Waals surface area (Å²) in [6.07, 6.45) is 0. The first-order chi connectivity index (χ1) is 74.2. The minimum atomic E-state index is -0.878. The zero-order chi connectivity index (χ0) is 106. The van der Waals surface area contributed by atoms with E-state index in [1.54, 1.807) is 30.3 Å². The van der Waals surface area contributed by atoms with Crippen LogP contribution in [0.1, 0.15) is 28.8 Å². The van der Waals surface area contributed by atoms with Crippen LogP contribution in [-0.2, 0) is 0 Å². The Morgan fingerprint density at radius 1 is 0.144 bits per heavy atom. The van der Waals surface area contributed by atoms with E-state index in [-0.39, 0.29) is 46.7 Å². The molecule has 24 rings (SSSR count). The van der Waals surface area contributed by atoms with Crippen molar-refractivity contribution in [2.24, 2.45) is 0 Å². The summed E-state index contributed by atoms with van der Waals surface area (Å²) < 4.78 is 199. The number of anilines is 6. The van der Waals surface area contributed by atoms with Crippen LogP contribution in [0.25, 0.3) is 188 Å². The topological polar surface area (TPSA) is 16.3 Å². The molecule has 4 heteroatoms. The molecule has 620 valence electrons. The number of hydrogen-bond donors (Lipinski definition) is 0. The molecular formula is C128H88N4. The van der Waals surface area contributed by atoms with Crippen LogP contribution in [0.3, 0.4) is 0 Å². The fourth-order valence-electron chi connectivity index (χ4n) is 17.7. The van der Waals surface area contributed by atoms with Gasteiger partial charge in [0.05, 0.1) is 50.9 Å². The maximum absolute atomic E-state index is 9.79. The molecule has 0 unspecified atom stereocenters. The van der Waals surface area contributed by atoms with Gasteiger partial charge in [0.2, 0.25) is 0 Å². The van der Waals surface area contributed by atoms with Gasteiger partial charge in [-0.15, -0.1) is 0 Å². The van der Waals surface area contributed by atoms with Gasteiger partial charge in [0.15, 0.2) is 0 Å². The fourth-order valence-corrected chi connectivity index (χ4v) is 17.7. The van der Waals surface area contributed by atoms with Gasteiger partial charge in [-0.3, -0.25) is 0 Å². The largest absolute Gasteiger partial charge is 0.311 e. The normalized spacial score (nSPS) is 13.6. The summed E-state index contributed by atoms with van der Waals surface area (Å²) in [5.74, 6) is 0. The number of fused-ring (bicyclic) bond motifs is 8. The molecule has 0 saturated heterocycles. The van der Waals surface area contributed by atoms with E-state index in [0.29, 0.717) is 22.5 Å². The molecule has 0 aliphatic carbocycles. The second-order valence-corrected chi connectivity index (χ2v) is 32.3. The highest BCUT2D eigenvalue weighted by Crippen LogP contribution is 2.45. The number of aromatic nitrogens is 2. The highest BCUT2D eigenvalue weighted by Gasteiger charge is 2.21. The Morgan fingerprint density at radius 2 is 0.394 bits per heavy atom. The van der Waals surface area contributed by atoms with E-state index < -0.39 is 136 Å². The number of benzene rings is 22. The van der Waals surface area contributed by atoms with Gasteiger partial charge >= 0.3 is 0 Å². The van der Waals surface area contributed by atoms with Gasteiger partial charge in [-0.1, -0.05) is 388 Å². The van der Waals surface area contributed by atoms with E-state index in [2.05, 4.69) is 173 Å². The summed E-state index contributed by atoms with van der Waals surface area (Å²) in [4.78, 5) is 2.99. The van der Waals surface area contributed by atoms with E-state index in [4.69, 9.17) is 12.3 Å². The molecule has 0 fully saturated rings. The van der Waals surface area contributed by atoms with Crippen LogP contribution >= 0.6 is 0 Å². The second kappa shape index (κ2) is 35.1. The summed E-state index contributed by atoms with van der Waals surface area (Å²) in [6.45, 7) is 0. The van der Waals surface area contributed by atoms with E-state index in [0.717, 1.165) is 143 Å². The standard InChI is InChI=1S/2C64H44N2/c2*1-3-12-45(13-4-1)48-22-24-49(25-23-48)50-26-34-57(35-27-50)65(58-36-28-51(29-37-58)54-19-11-18-53(42-54)46-14-5-2-6-15-46)59-38-30-52(31-39-59)56-33-41-64-62(44-56)61-20-9-10-21-63(61)66(64)60-40-32-47-16-7-8-17-55(47)43-60/h2*1-44H/i1D,3D,4D,12D,13D,22D,23D,24D,25D,26D,27D,30D,31D,34D,35D,38D,39D;30D,31D,38D,39D. The molecule has 24 aromatic rings. The summed E-state index contributed by atoms with van der Waals surface area (Å²) in [7, 11) is 0. The van der Waals surface area contributed by atoms with Gasteiger partial charge in [-0.2, -0.15) is 0 Å². The molecule has 4 nitrogen and oxygen atoms in total. The number of para-hydroxylation sites is 2. The Bertz CT molecular complexity index is 9580. The molecule has 0 radical (unpaired) electrons. The first kappa shape index (κ1) is 59.5. The van der Waals surface area contributed by atoms with Crippen LogP contribution in [0.2, 0.25) is 0 Å². The number of rotatable bonds is 18. The molecule has 0 aliphatic rings. The molecule has 2 heterocycles. The zero-order valence-corrected chi connectivity index (χ0v) is 71.0. The van der Waals surface area contributed by atoms with Crippen LogP contribution in [0.15, 0.2) is 533 Å². The minimum absolute atomic E-state index is 0.0351. The van der Waals surface area contributed by atoms with Gasteiger partial charge in [0.1, 0.15) is 0 Å². The lowest BCUT2D eigenvalue weighted by Gasteiger charge is -2.26. The smallest absolute Gasteiger partial charge is 0.0645 e. The van der Waals surface area contributed by atoms with Crippen molar-refractivity contribution in [3.63, 3.8) is 0 Å². The van der Waals surface area contributed by atoms with E-state index >= 15 is 0 Å². The van der Waals surface area contributed by atoms with Crippen molar-refractivity contribution in [2.75, 3.05) is 9.80 Å². The first-order valence-corrected chi connectivity index (χ1v) is 43.6. The summed E-state index contributed by atoms with van der Waals surface area (Å²) in [6, 6.07) is 122. The number of hydrogen-bond acceptors (Lipinski definition) is 2. The summed E-state index contributed by atoms with van der Waals surface area (Å²) in [5, 5.41) is 8.13. The maximum Gasteiger partial charge on any atom is 0.0645 e. The monoisotopic (exact) mass is 1700 g/mol. The van der Waals surface area contributed by atoms with Crippen LogP contribution in [0.5, 0.6) is 0 Å². The Balaban J connectivity index is 0.000000169. The van der Waals surface area contributed by atoms with Crippen LogP contribution in [0, 0.1) is 0 Å². The van der Waals surface area contributed by atoms with Crippen molar-refractivity contribution >= 4 is 99.3 Å².